The molecule has 1 aromatic carbocycles. The van der Waals surface area contributed by atoms with Crippen LogP contribution in [-0.2, 0) is 4.79 Å². The summed E-state index contributed by atoms with van der Waals surface area (Å²) in [5.74, 6) is -1.52. The number of aryl methyl sites for hydroxylation is 1. The number of halogens is 2. The van der Waals surface area contributed by atoms with Gasteiger partial charge in [0.25, 0.3) is 11.8 Å². The van der Waals surface area contributed by atoms with Gasteiger partial charge in [-0.2, -0.15) is 0 Å². The Morgan fingerprint density at radius 3 is 2.66 bits per heavy atom. The lowest BCUT2D eigenvalue weighted by atomic mass is 9.71. The van der Waals surface area contributed by atoms with E-state index in [0.717, 1.165) is 0 Å². The van der Waals surface area contributed by atoms with Gasteiger partial charge in [-0.3, -0.25) is 14.4 Å². The molecule has 3 amide bonds. The molecule has 2 fully saturated rings. The first-order chi connectivity index (χ1) is 15.1. The predicted octanol–water partition coefficient (Wildman–Crippen LogP) is 3.05. The fourth-order valence-corrected chi connectivity index (χ4v) is 5.14. The van der Waals surface area contributed by atoms with Gasteiger partial charge in [0, 0.05) is 19.6 Å². The highest BCUT2D eigenvalue weighted by molar-refractivity contribution is 6.34. The Kier molecular flexibility index (Phi) is 5.70. The quantitative estimate of drug-likeness (QED) is 0.728. The summed E-state index contributed by atoms with van der Waals surface area (Å²) in [7, 11) is 1.67. The molecule has 0 unspecified atom stereocenters. The number of anilines is 1. The minimum absolute atomic E-state index is 0.00107. The third-order valence-electron chi connectivity index (χ3n) is 6.90. The minimum atomic E-state index is -0.742. The Morgan fingerprint density at radius 1 is 1.31 bits per heavy atom. The van der Waals surface area contributed by atoms with Crippen LogP contribution in [0.15, 0.2) is 18.5 Å². The van der Waals surface area contributed by atoms with Crippen LogP contribution in [0.2, 0.25) is 5.02 Å². The van der Waals surface area contributed by atoms with Crippen LogP contribution in [-0.4, -0.2) is 52.2 Å². The maximum absolute atomic E-state index is 13.8. The van der Waals surface area contributed by atoms with Gasteiger partial charge in [0.1, 0.15) is 11.5 Å². The molecule has 2 heterocycles. The molecule has 1 saturated heterocycles. The first-order valence-electron chi connectivity index (χ1n) is 10.5. The van der Waals surface area contributed by atoms with Crippen molar-refractivity contribution < 1.29 is 18.8 Å². The van der Waals surface area contributed by atoms with Crippen molar-refractivity contribution in [3.05, 3.63) is 46.3 Å². The number of hydrogen-bond acceptors (Lipinski definition) is 4. The van der Waals surface area contributed by atoms with Crippen LogP contribution in [0.3, 0.4) is 0 Å². The number of nitrogens with two attached hydrogens (primary N) is 1. The van der Waals surface area contributed by atoms with Gasteiger partial charge >= 0.3 is 0 Å². The number of benzene rings is 1. The van der Waals surface area contributed by atoms with Gasteiger partial charge in [0.2, 0.25) is 5.91 Å². The Labute approximate surface area is 189 Å². The zero-order valence-corrected chi connectivity index (χ0v) is 18.7. The van der Waals surface area contributed by atoms with E-state index in [4.69, 9.17) is 17.3 Å². The normalized spacial score (nSPS) is 23.1. The van der Waals surface area contributed by atoms with E-state index >= 15 is 0 Å². The fourth-order valence-electron chi connectivity index (χ4n) is 4.88. The van der Waals surface area contributed by atoms with Crippen LogP contribution in [0.5, 0.6) is 0 Å². The van der Waals surface area contributed by atoms with Gasteiger partial charge < -0.3 is 20.5 Å². The van der Waals surface area contributed by atoms with E-state index < -0.39 is 17.1 Å². The standard InChI is InChI=1S/C22H25ClFN5O3/c1-12-9-16(14(23)10-15(12)24)29-8-7-22(21(29)32)5-3-13(4-6-22)28(2)20(31)18-17(19(25)30)26-11-27-18/h9-11,13H,3-8H2,1-2H3,(H2,25,30)(H,26,27)/t13-,22-. The number of aromatic nitrogens is 2. The van der Waals surface area contributed by atoms with Crippen molar-refractivity contribution in [1.82, 2.24) is 14.9 Å². The van der Waals surface area contributed by atoms with Gasteiger partial charge in [-0.25, -0.2) is 9.37 Å². The average Bonchev–Trinajstić information content (AvgIpc) is 3.37. The van der Waals surface area contributed by atoms with E-state index in [2.05, 4.69) is 9.97 Å². The molecule has 1 spiro atoms. The molecule has 0 radical (unpaired) electrons. The van der Waals surface area contributed by atoms with E-state index in [1.165, 1.54) is 12.4 Å². The van der Waals surface area contributed by atoms with Crippen LogP contribution in [0.25, 0.3) is 0 Å². The van der Waals surface area contributed by atoms with E-state index in [9.17, 15) is 18.8 Å². The van der Waals surface area contributed by atoms with Crippen LogP contribution in [0, 0.1) is 18.2 Å². The molecule has 2 aliphatic rings. The summed E-state index contributed by atoms with van der Waals surface area (Å²) >= 11 is 6.24. The maximum atomic E-state index is 13.8. The average molecular weight is 462 g/mol. The molecule has 1 aliphatic heterocycles. The molecule has 1 saturated carbocycles. The van der Waals surface area contributed by atoms with Gasteiger partial charge in [-0.05, 0) is 56.7 Å². The molecule has 1 aromatic heterocycles. The van der Waals surface area contributed by atoms with E-state index in [1.54, 1.807) is 29.8 Å². The highest BCUT2D eigenvalue weighted by Gasteiger charge is 2.49. The Bertz CT molecular complexity index is 1090. The Hall–Kier alpha value is -2.94. The predicted molar refractivity (Wildman–Crippen MR) is 117 cm³/mol. The summed E-state index contributed by atoms with van der Waals surface area (Å²) in [6.45, 7) is 2.17. The second-order valence-corrected chi connectivity index (χ2v) is 9.08. The SMILES string of the molecule is Cc1cc(N2CC[C@]3(CC[C@@H](N(C)C(=O)c4nc[nH]c4C(N)=O)CC3)C2=O)c(Cl)cc1F. The molecule has 32 heavy (non-hydrogen) atoms. The number of imidazole rings is 1. The first kappa shape index (κ1) is 22.3. The summed E-state index contributed by atoms with van der Waals surface area (Å²) in [6.07, 6.45) is 4.51. The van der Waals surface area contributed by atoms with Gasteiger partial charge in [0.05, 0.1) is 22.5 Å². The van der Waals surface area contributed by atoms with Crippen molar-refractivity contribution in [3.63, 3.8) is 0 Å². The number of aromatic amines is 1. The lowest BCUT2D eigenvalue weighted by Crippen LogP contribution is -2.45. The Morgan fingerprint density at radius 2 is 2.00 bits per heavy atom. The smallest absolute Gasteiger partial charge is 0.274 e. The molecular formula is C22H25ClFN5O3. The molecule has 0 atom stereocenters. The molecular weight excluding hydrogens is 437 g/mol. The molecule has 8 nitrogen and oxygen atoms in total. The van der Waals surface area contributed by atoms with Crippen molar-refractivity contribution in [2.75, 3.05) is 18.5 Å². The van der Waals surface area contributed by atoms with Crippen molar-refractivity contribution in [3.8, 4) is 0 Å². The zero-order chi connectivity index (χ0) is 23.2. The van der Waals surface area contributed by atoms with E-state index in [0.29, 0.717) is 49.9 Å². The van der Waals surface area contributed by atoms with Gasteiger partial charge in [0.15, 0.2) is 5.69 Å². The number of primary amides is 1. The number of H-pyrrole nitrogens is 1. The third kappa shape index (κ3) is 3.64. The number of amides is 3. The van der Waals surface area contributed by atoms with Crippen LogP contribution >= 0.6 is 11.6 Å². The van der Waals surface area contributed by atoms with Crippen LogP contribution in [0.1, 0.15) is 58.6 Å². The monoisotopic (exact) mass is 461 g/mol. The summed E-state index contributed by atoms with van der Waals surface area (Å²) in [5.41, 5.74) is 5.78. The molecule has 10 heteroatoms. The highest BCUT2D eigenvalue weighted by atomic mass is 35.5. The molecule has 0 bridgehead atoms. The summed E-state index contributed by atoms with van der Waals surface area (Å²) in [4.78, 5) is 47.5. The topological polar surface area (TPSA) is 112 Å². The fraction of sp³-hybridized carbons (Fsp3) is 0.455. The molecule has 2 aromatic rings. The molecule has 4 rings (SSSR count). The number of carbonyl (C=O) groups is 3. The minimum Gasteiger partial charge on any atom is -0.364 e. The zero-order valence-electron chi connectivity index (χ0n) is 18.0. The van der Waals surface area contributed by atoms with Crippen molar-refractivity contribution in [1.29, 1.82) is 0 Å². The molecule has 170 valence electrons. The van der Waals surface area contributed by atoms with Crippen LogP contribution < -0.4 is 10.6 Å². The molecule has 3 N–H and O–H groups in total. The second-order valence-electron chi connectivity index (χ2n) is 8.68. The summed E-state index contributed by atoms with van der Waals surface area (Å²) in [6, 6.07) is 2.79. The van der Waals surface area contributed by atoms with E-state index in [1.807, 2.05) is 0 Å². The van der Waals surface area contributed by atoms with Crippen molar-refractivity contribution >= 4 is 35.0 Å². The van der Waals surface area contributed by atoms with Gasteiger partial charge in [-0.1, -0.05) is 11.6 Å². The van der Waals surface area contributed by atoms with Gasteiger partial charge in [-0.15, -0.1) is 0 Å². The van der Waals surface area contributed by atoms with Crippen LogP contribution in [0.4, 0.5) is 10.1 Å². The Balaban J connectivity index is 1.46. The number of nitrogens with one attached hydrogen (secondary N) is 1. The highest BCUT2D eigenvalue weighted by Crippen LogP contribution is 2.48. The summed E-state index contributed by atoms with van der Waals surface area (Å²) < 4.78 is 13.8. The second kappa shape index (κ2) is 8.20. The summed E-state index contributed by atoms with van der Waals surface area (Å²) in [5, 5.41) is 0.224. The largest absolute Gasteiger partial charge is 0.364 e. The lowest BCUT2D eigenvalue weighted by molar-refractivity contribution is -0.127. The number of nitrogens with zero attached hydrogens (tertiary/aromatic N) is 3. The van der Waals surface area contributed by atoms with E-state index in [-0.39, 0.29) is 34.3 Å². The number of hydrogen-bond donors (Lipinski definition) is 2. The number of rotatable bonds is 4. The maximum Gasteiger partial charge on any atom is 0.274 e. The first-order valence-corrected chi connectivity index (χ1v) is 10.9. The number of carbonyl (C=O) groups excluding carboxylic acids is 3. The third-order valence-corrected chi connectivity index (χ3v) is 7.20. The van der Waals surface area contributed by atoms with Crippen molar-refractivity contribution in [2.45, 2.75) is 45.1 Å². The lowest BCUT2D eigenvalue weighted by Gasteiger charge is -2.39. The van der Waals surface area contributed by atoms with Crippen molar-refractivity contribution in [2.24, 2.45) is 11.1 Å². The molecule has 1 aliphatic carbocycles.